The number of hydrogen-bond donors (Lipinski definition) is 2. The van der Waals surface area contributed by atoms with Crippen molar-refractivity contribution in [2.24, 2.45) is 5.16 Å². The summed E-state index contributed by atoms with van der Waals surface area (Å²) in [6, 6.07) is 6.74. The molecule has 5 heteroatoms. The van der Waals surface area contributed by atoms with Gasteiger partial charge < -0.3 is 10.5 Å². The molecule has 0 aliphatic heterocycles. The summed E-state index contributed by atoms with van der Waals surface area (Å²) in [4.78, 5) is 11.1. The maximum Gasteiger partial charge on any atom is 0.229 e. The van der Waals surface area contributed by atoms with Crippen molar-refractivity contribution in [3.63, 3.8) is 0 Å². The van der Waals surface area contributed by atoms with Crippen LogP contribution < -0.4 is 5.32 Å². The number of carbonyl (C=O) groups is 1. The molecule has 74 valence electrons. The van der Waals surface area contributed by atoms with Crippen LogP contribution in [0.15, 0.2) is 29.4 Å². The van der Waals surface area contributed by atoms with Gasteiger partial charge in [-0.15, -0.1) is 5.16 Å². The number of nitrogens with zero attached hydrogens (tertiary/aromatic N) is 1. The van der Waals surface area contributed by atoms with Crippen LogP contribution in [0.2, 0.25) is 5.02 Å². The van der Waals surface area contributed by atoms with Crippen molar-refractivity contribution in [1.29, 1.82) is 0 Å². The summed E-state index contributed by atoms with van der Waals surface area (Å²) < 4.78 is 0. The van der Waals surface area contributed by atoms with Gasteiger partial charge in [0.2, 0.25) is 5.91 Å². The minimum atomic E-state index is -0.245. The second-order valence-corrected chi connectivity index (χ2v) is 2.99. The molecule has 0 heterocycles. The van der Waals surface area contributed by atoms with Crippen LogP contribution in [0.3, 0.4) is 0 Å². The van der Waals surface area contributed by atoms with Crippen molar-refractivity contribution < 1.29 is 10.0 Å². The summed E-state index contributed by atoms with van der Waals surface area (Å²) in [5, 5.41) is 14.0. The zero-order chi connectivity index (χ0) is 10.4. The quantitative estimate of drug-likeness (QED) is 0.458. The first-order valence-electron chi connectivity index (χ1n) is 3.93. The van der Waals surface area contributed by atoms with Gasteiger partial charge in [-0.05, 0) is 24.3 Å². The highest BCUT2D eigenvalue weighted by atomic mass is 35.5. The minimum Gasteiger partial charge on any atom is -0.411 e. The highest BCUT2D eigenvalue weighted by molar-refractivity contribution is 6.30. The van der Waals surface area contributed by atoms with Gasteiger partial charge in [-0.2, -0.15) is 0 Å². The molecule has 0 saturated carbocycles. The molecule has 2 N–H and O–H groups in total. The van der Waals surface area contributed by atoms with E-state index in [-0.39, 0.29) is 12.3 Å². The summed E-state index contributed by atoms with van der Waals surface area (Å²) in [7, 11) is 0. The lowest BCUT2D eigenvalue weighted by Crippen LogP contribution is -2.11. The molecule has 0 aromatic heterocycles. The molecule has 4 nitrogen and oxygen atoms in total. The molecule has 14 heavy (non-hydrogen) atoms. The smallest absolute Gasteiger partial charge is 0.229 e. The van der Waals surface area contributed by atoms with Gasteiger partial charge in [-0.25, -0.2) is 0 Å². The van der Waals surface area contributed by atoms with Gasteiger partial charge in [-0.1, -0.05) is 11.6 Å². The first kappa shape index (κ1) is 10.5. The molecule has 0 bridgehead atoms. The van der Waals surface area contributed by atoms with Gasteiger partial charge >= 0.3 is 0 Å². The van der Waals surface area contributed by atoms with Gasteiger partial charge in [0.1, 0.15) is 0 Å². The second-order valence-electron chi connectivity index (χ2n) is 2.56. The van der Waals surface area contributed by atoms with E-state index in [0.29, 0.717) is 10.7 Å². The SMILES string of the molecule is O=C(C/C=N/O)Nc1ccc(Cl)cc1. The lowest BCUT2D eigenvalue weighted by atomic mass is 10.3. The third-order valence-electron chi connectivity index (χ3n) is 1.49. The predicted molar refractivity (Wildman–Crippen MR) is 55.0 cm³/mol. The molecule has 0 aliphatic carbocycles. The first-order valence-corrected chi connectivity index (χ1v) is 4.31. The summed E-state index contributed by atoms with van der Waals surface area (Å²) in [5.41, 5.74) is 0.658. The van der Waals surface area contributed by atoms with Crippen LogP contribution in [0.25, 0.3) is 0 Å². The van der Waals surface area contributed by atoms with Gasteiger partial charge in [-0.3, -0.25) is 4.79 Å². The number of hydrogen-bond acceptors (Lipinski definition) is 3. The molecule has 1 aromatic carbocycles. The number of nitrogens with one attached hydrogen (secondary N) is 1. The number of amides is 1. The van der Waals surface area contributed by atoms with E-state index in [0.717, 1.165) is 6.21 Å². The Hall–Kier alpha value is -1.55. The van der Waals surface area contributed by atoms with Gasteiger partial charge in [0.25, 0.3) is 0 Å². The standard InChI is InChI=1S/C9H9ClN2O2/c10-7-1-3-8(4-2-7)12-9(13)5-6-11-14/h1-4,6,14H,5H2,(H,12,13)/b11-6+. The van der Waals surface area contributed by atoms with Crippen molar-refractivity contribution in [3.05, 3.63) is 29.3 Å². The third-order valence-corrected chi connectivity index (χ3v) is 1.74. The Morgan fingerprint density at radius 3 is 2.71 bits per heavy atom. The lowest BCUT2D eigenvalue weighted by Gasteiger charge is -2.02. The molecule has 0 atom stereocenters. The van der Waals surface area contributed by atoms with Crippen LogP contribution >= 0.6 is 11.6 Å². The number of anilines is 1. The fraction of sp³-hybridized carbons (Fsp3) is 0.111. The number of rotatable bonds is 3. The van der Waals surface area contributed by atoms with E-state index in [4.69, 9.17) is 16.8 Å². The number of halogens is 1. The normalized spacial score (nSPS) is 10.4. The van der Waals surface area contributed by atoms with Crippen molar-refractivity contribution in [2.45, 2.75) is 6.42 Å². The molecule has 0 saturated heterocycles. The van der Waals surface area contributed by atoms with Crippen molar-refractivity contribution in [2.75, 3.05) is 5.32 Å². The third kappa shape index (κ3) is 3.45. The number of oxime groups is 1. The molecular weight excluding hydrogens is 204 g/mol. The molecule has 0 fully saturated rings. The summed E-state index contributed by atoms with van der Waals surface area (Å²) >= 11 is 5.66. The molecule has 0 aliphatic rings. The Kier molecular flexibility index (Phi) is 3.94. The number of carbonyl (C=O) groups excluding carboxylic acids is 1. The Balaban J connectivity index is 2.52. The summed E-state index contributed by atoms with van der Waals surface area (Å²) in [6.07, 6.45) is 1.16. The van der Waals surface area contributed by atoms with Crippen LogP contribution in [0.1, 0.15) is 6.42 Å². The first-order chi connectivity index (χ1) is 6.72. The molecule has 1 aromatic rings. The topological polar surface area (TPSA) is 61.7 Å². The van der Waals surface area contributed by atoms with Crippen LogP contribution in [0.4, 0.5) is 5.69 Å². The molecule has 0 unspecified atom stereocenters. The van der Waals surface area contributed by atoms with Crippen molar-refractivity contribution in [1.82, 2.24) is 0 Å². The Labute approximate surface area is 86.2 Å². The Morgan fingerprint density at radius 1 is 1.50 bits per heavy atom. The van der Waals surface area contributed by atoms with Crippen LogP contribution in [-0.4, -0.2) is 17.3 Å². The molecule has 0 radical (unpaired) electrons. The van der Waals surface area contributed by atoms with Crippen LogP contribution in [0.5, 0.6) is 0 Å². The maximum atomic E-state index is 11.1. The highest BCUT2D eigenvalue weighted by Gasteiger charge is 1.99. The van der Waals surface area contributed by atoms with Crippen molar-refractivity contribution in [3.8, 4) is 0 Å². The molecule has 1 rings (SSSR count). The van der Waals surface area contributed by atoms with Gasteiger partial charge in [0.15, 0.2) is 0 Å². The van der Waals surface area contributed by atoms with Gasteiger partial charge in [0.05, 0.1) is 12.6 Å². The zero-order valence-electron chi connectivity index (χ0n) is 7.27. The number of benzene rings is 1. The summed E-state index contributed by atoms with van der Waals surface area (Å²) in [6.45, 7) is 0. The van der Waals surface area contributed by atoms with Crippen LogP contribution in [-0.2, 0) is 4.79 Å². The molecule has 0 spiro atoms. The van der Waals surface area contributed by atoms with E-state index in [2.05, 4.69) is 10.5 Å². The largest absolute Gasteiger partial charge is 0.411 e. The van der Waals surface area contributed by atoms with E-state index in [1.165, 1.54) is 0 Å². The molecular formula is C9H9ClN2O2. The predicted octanol–water partition coefficient (Wildman–Crippen LogP) is 2.13. The fourth-order valence-electron chi connectivity index (χ4n) is 0.869. The Bertz CT molecular complexity index is 335. The molecule has 1 amide bonds. The van der Waals surface area contributed by atoms with E-state index < -0.39 is 0 Å². The maximum absolute atomic E-state index is 11.1. The minimum absolute atomic E-state index is 0.0408. The average Bonchev–Trinajstić information content (AvgIpc) is 2.18. The van der Waals surface area contributed by atoms with Crippen LogP contribution in [0, 0.1) is 0 Å². The van der Waals surface area contributed by atoms with Crippen molar-refractivity contribution >= 4 is 29.4 Å². The summed E-state index contributed by atoms with van der Waals surface area (Å²) in [5.74, 6) is -0.245. The van der Waals surface area contributed by atoms with E-state index >= 15 is 0 Å². The lowest BCUT2D eigenvalue weighted by molar-refractivity contribution is -0.115. The van der Waals surface area contributed by atoms with Gasteiger partial charge in [0, 0.05) is 10.7 Å². The second kappa shape index (κ2) is 5.24. The van der Waals surface area contributed by atoms with E-state index in [1.54, 1.807) is 24.3 Å². The Morgan fingerprint density at radius 2 is 2.14 bits per heavy atom. The highest BCUT2D eigenvalue weighted by Crippen LogP contribution is 2.13. The average molecular weight is 213 g/mol. The fourth-order valence-corrected chi connectivity index (χ4v) is 0.995. The monoisotopic (exact) mass is 212 g/mol. The zero-order valence-corrected chi connectivity index (χ0v) is 8.03. The van der Waals surface area contributed by atoms with E-state index in [9.17, 15) is 4.79 Å². The van der Waals surface area contributed by atoms with E-state index in [1.807, 2.05) is 0 Å².